The van der Waals surface area contributed by atoms with Crippen molar-refractivity contribution in [3.63, 3.8) is 0 Å². The fourth-order valence-corrected chi connectivity index (χ4v) is 2.14. The molecule has 2 rings (SSSR count). The second kappa shape index (κ2) is 5.82. The largest absolute Gasteiger partial charge is 0.446 e. The average Bonchev–Trinajstić information content (AvgIpc) is 2.32. The summed E-state index contributed by atoms with van der Waals surface area (Å²) >= 11 is 0. The molecular weight excluding hydrogens is 235 g/mol. The minimum atomic E-state index is -0.626. The van der Waals surface area contributed by atoms with Crippen molar-refractivity contribution in [2.24, 2.45) is 5.73 Å². The van der Waals surface area contributed by atoms with Crippen molar-refractivity contribution in [3.8, 4) is 0 Å². The van der Waals surface area contributed by atoms with Crippen LogP contribution in [0.3, 0.4) is 0 Å². The molecule has 0 bridgehead atoms. The molecule has 2 atom stereocenters. The maximum Gasteiger partial charge on any atom is 0.411 e. The quantitative estimate of drug-likeness (QED) is 0.850. The molecule has 98 valence electrons. The number of rotatable bonds is 2. The highest BCUT2D eigenvalue weighted by atomic mass is 19.1. The van der Waals surface area contributed by atoms with Crippen molar-refractivity contribution >= 4 is 11.8 Å². The summed E-state index contributed by atoms with van der Waals surface area (Å²) in [5.74, 6) is -0.477. The predicted molar refractivity (Wildman–Crippen MR) is 66.7 cm³/mol. The van der Waals surface area contributed by atoms with E-state index in [1.54, 1.807) is 12.1 Å². The van der Waals surface area contributed by atoms with Gasteiger partial charge in [0.05, 0.1) is 5.69 Å². The molecule has 1 aliphatic carbocycles. The number of benzene rings is 1. The van der Waals surface area contributed by atoms with Gasteiger partial charge in [-0.15, -0.1) is 0 Å². The van der Waals surface area contributed by atoms with Crippen molar-refractivity contribution < 1.29 is 13.9 Å². The Hall–Kier alpha value is -1.62. The van der Waals surface area contributed by atoms with E-state index in [1.807, 2.05) is 0 Å². The Labute approximate surface area is 105 Å². The number of anilines is 1. The van der Waals surface area contributed by atoms with Crippen LogP contribution in [0.25, 0.3) is 0 Å². The average molecular weight is 252 g/mol. The van der Waals surface area contributed by atoms with E-state index < -0.39 is 11.9 Å². The number of nitrogens with two attached hydrogens (primary N) is 1. The molecule has 1 fully saturated rings. The molecular formula is C13H17FN2O2. The molecule has 0 saturated heterocycles. The van der Waals surface area contributed by atoms with E-state index in [0.29, 0.717) is 6.42 Å². The SMILES string of the molecule is NC1CCCC(OC(=O)Nc2ccccc2F)C1. The number of hydrogen-bond acceptors (Lipinski definition) is 3. The van der Waals surface area contributed by atoms with Crippen LogP contribution < -0.4 is 11.1 Å². The molecule has 1 amide bonds. The monoisotopic (exact) mass is 252 g/mol. The van der Waals surface area contributed by atoms with Gasteiger partial charge in [0, 0.05) is 6.04 Å². The summed E-state index contributed by atoms with van der Waals surface area (Å²) in [6.45, 7) is 0. The molecule has 1 aromatic rings. The number of nitrogens with one attached hydrogen (secondary N) is 1. The van der Waals surface area contributed by atoms with Crippen LogP contribution in [0.4, 0.5) is 14.9 Å². The zero-order valence-electron chi connectivity index (χ0n) is 10.1. The molecule has 2 unspecified atom stereocenters. The highest BCUT2D eigenvalue weighted by Crippen LogP contribution is 2.20. The van der Waals surface area contributed by atoms with Crippen LogP contribution in [-0.2, 0) is 4.74 Å². The minimum absolute atomic E-state index is 0.0880. The first-order valence-corrected chi connectivity index (χ1v) is 6.13. The minimum Gasteiger partial charge on any atom is -0.446 e. The van der Waals surface area contributed by atoms with E-state index in [0.717, 1.165) is 19.3 Å². The van der Waals surface area contributed by atoms with Crippen LogP contribution in [0.2, 0.25) is 0 Å². The van der Waals surface area contributed by atoms with Gasteiger partial charge in [-0.2, -0.15) is 0 Å². The lowest BCUT2D eigenvalue weighted by molar-refractivity contribution is 0.0811. The van der Waals surface area contributed by atoms with Gasteiger partial charge in [-0.1, -0.05) is 12.1 Å². The fourth-order valence-electron chi connectivity index (χ4n) is 2.14. The molecule has 0 aliphatic heterocycles. The first kappa shape index (κ1) is 12.8. The van der Waals surface area contributed by atoms with E-state index in [2.05, 4.69) is 5.32 Å². The Morgan fingerprint density at radius 3 is 2.89 bits per heavy atom. The lowest BCUT2D eigenvalue weighted by Crippen LogP contribution is -2.34. The first-order chi connectivity index (χ1) is 8.65. The number of ether oxygens (including phenoxy) is 1. The Morgan fingerprint density at radius 1 is 1.39 bits per heavy atom. The molecule has 1 saturated carbocycles. The molecule has 3 N–H and O–H groups in total. The Balaban J connectivity index is 1.87. The molecule has 0 spiro atoms. The number of hydrogen-bond donors (Lipinski definition) is 2. The summed E-state index contributed by atoms with van der Waals surface area (Å²) in [6.07, 6.45) is 2.62. The number of halogens is 1. The van der Waals surface area contributed by atoms with E-state index in [9.17, 15) is 9.18 Å². The lowest BCUT2D eigenvalue weighted by Gasteiger charge is -2.26. The Kier molecular flexibility index (Phi) is 4.15. The molecule has 1 aliphatic rings. The van der Waals surface area contributed by atoms with Gasteiger partial charge in [-0.25, -0.2) is 9.18 Å². The lowest BCUT2D eigenvalue weighted by atomic mass is 9.94. The molecule has 4 nitrogen and oxygen atoms in total. The first-order valence-electron chi connectivity index (χ1n) is 6.13. The third kappa shape index (κ3) is 3.43. The van der Waals surface area contributed by atoms with Gasteiger partial charge >= 0.3 is 6.09 Å². The molecule has 1 aromatic carbocycles. The van der Waals surface area contributed by atoms with Gasteiger partial charge in [0.25, 0.3) is 0 Å². The second-order valence-corrected chi connectivity index (χ2v) is 4.56. The number of carbonyl (C=O) groups excluding carboxylic acids is 1. The molecule has 0 aromatic heterocycles. The smallest absolute Gasteiger partial charge is 0.411 e. The van der Waals surface area contributed by atoms with Crippen LogP contribution in [0, 0.1) is 5.82 Å². The molecule has 0 radical (unpaired) electrons. The maximum absolute atomic E-state index is 13.3. The summed E-state index contributed by atoms with van der Waals surface area (Å²) < 4.78 is 18.5. The van der Waals surface area contributed by atoms with E-state index in [1.165, 1.54) is 12.1 Å². The maximum atomic E-state index is 13.3. The van der Waals surface area contributed by atoms with Crippen LogP contribution in [0.1, 0.15) is 25.7 Å². The molecule has 5 heteroatoms. The van der Waals surface area contributed by atoms with Gasteiger partial charge in [0.15, 0.2) is 0 Å². The van der Waals surface area contributed by atoms with E-state index >= 15 is 0 Å². The fraction of sp³-hybridized carbons (Fsp3) is 0.462. The third-order valence-electron chi connectivity index (χ3n) is 3.05. The Morgan fingerprint density at radius 2 is 2.17 bits per heavy atom. The zero-order chi connectivity index (χ0) is 13.0. The summed E-state index contributed by atoms with van der Waals surface area (Å²) in [5.41, 5.74) is 5.93. The van der Waals surface area contributed by atoms with Crippen molar-refractivity contribution in [1.82, 2.24) is 0 Å². The molecule has 18 heavy (non-hydrogen) atoms. The zero-order valence-corrected chi connectivity index (χ0v) is 10.1. The topological polar surface area (TPSA) is 64.3 Å². The van der Waals surface area contributed by atoms with E-state index in [4.69, 9.17) is 10.5 Å². The van der Waals surface area contributed by atoms with Gasteiger partial charge in [0.2, 0.25) is 0 Å². The third-order valence-corrected chi connectivity index (χ3v) is 3.05. The normalized spacial score (nSPS) is 23.4. The second-order valence-electron chi connectivity index (χ2n) is 4.56. The van der Waals surface area contributed by atoms with Crippen LogP contribution in [0.5, 0.6) is 0 Å². The van der Waals surface area contributed by atoms with Crippen molar-refractivity contribution in [2.45, 2.75) is 37.8 Å². The predicted octanol–water partition coefficient (Wildman–Crippen LogP) is 2.64. The van der Waals surface area contributed by atoms with Gasteiger partial charge in [0.1, 0.15) is 11.9 Å². The highest BCUT2D eigenvalue weighted by molar-refractivity contribution is 5.84. The van der Waals surface area contributed by atoms with Crippen molar-refractivity contribution in [2.75, 3.05) is 5.32 Å². The summed E-state index contributed by atoms with van der Waals surface area (Å²) in [6, 6.07) is 6.07. The summed E-state index contributed by atoms with van der Waals surface area (Å²) in [4.78, 5) is 11.6. The summed E-state index contributed by atoms with van der Waals surface area (Å²) in [5, 5.41) is 2.40. The van der Waals surface area contributed by atoms with Crippen LogP contribution in [-0.4, -0.2) is 18.2 Å². The van der Waals surface area contributed by atoms with Crippen molar-refractivity contribution in [1.29, 1.82) is 0 Å². The number of carbonyl (C=O) groups is 1. The van der Waals surface area contributed by atoms with Crippen LogP contribution >= 0.6 is 0 Å². The van der Waals surface area contributed by atoms with Gasteiger partial charge in [-0.3, -0.25) is 5.32 Å². The van der Waals surface area contributed by atoms with Gasteiger partial charge < -0.3 is 10.5 Å². The van der Waals surface area contributed by atoms with Crippen molar-refractivity contribution in [3.05, 3.63) is 30.1 Å². The summed E-state index contributed by atoms with van der Waals surface area (Å²) in [7, 11) is 0. The number of amides is 1. The van der Waals surface area contributed by atoms with Gasteiger partial charge in [-0.05, 0) is 37.8 Å². The van der Waals surface area contributed by atoms with E-state index in [-0.39, 0.29) is 17.8 Å². The highest BCUT2D eigenvalue weighted by Gasteiger charge is 2.22. The number of para-hydroxylation sites is 1. The standard InChI is InChI=1S/C13H17FN2O2/c14-11-6-1-2-7-12(11)16-13(17)18-10-5-3-4-9(15)8-10/h1-2,6-7,9-10H,3-5,8,15H2,(H,16,17). The Bertz CT molecular complexity index is 425. The van der Waals surface area contributed by atoms with Crippen LogP contribution in [0.15, 0.2) is 24.3 Å². The molecule has 0 heterocycles.